The SMILES string of the molecule is CC/C=C\C/C=C\C/C=C\C/C=C\C/C=C\C/C=C\C/C=C\CCCCCC(=O)OC(COC(=O)CCCCCCCCC/C=C\C/C=C\C/C=C\C/C=C\C/C=C\CC)COC(OCC[N+](C)(C)C)C(=O)O. The van der Waals surface area contributed by atoms with E-state index in [1.54, 1.807) is 0 Å². The fourth-order valence-corrected chi connectivity index (χ4v) is 6.84. The molecule has 0 fully saturated rings. The average Bonchev–Trinajstić information content (AvgIpc) is 3.36. The van der Waals surface area contributed by atoms with Crippen LogP contribution in [0.4, 0.5) is 0 Å². The smallest absolute Gasteiger partial charge is 0.361 e. The Balaban J connectivity index is 4.43. The van der Waals surface area contributed by atoms with Gasteiger partial charge in [0.2, 0.25) is 0 Å². The molecular weight excluding hydrogens is 911 g/mol. The number of carboxylic acids is 1. The first-order chi connectivity index (χ1) is 35.6. The molecule has 0 rings (SSSR count). The van der Waals surface area contributed by atoms with Gasteiger partial charge in [-0.3, -0.25) is 9.59 Å². The van der Waals surface area contributed by atoms with Crippen molar-refractivity contribution in [1.82, 2.24) is 0 Å². The van der Waals surface area contributed by atoms with Gasteiger partial charge in [-0.25, -0.2) is 4.79 Å². The van der Waals surface area contributed by atoms with E-state index in [4.69, 9.17) is 18.9 Å². The number of nitrogens with zero attached hydrogens (tertiary/aromatic N) is 1. The van der Waals surface area contributed by atoms with E-state index in [1.807, 2.05) is 21.1 Å². The van der Waals surface area contributed by atoms with Crippen molar-refractivity contribution in [1.29, 1.82) is 0 Å². The fourth-order valence-electron chi connectivity index (χ4n) is 6.84. The maximum Gasteiger partial charge on any atom is 0.361 e. The first-order valence-electron chi connectivity index (χ1n) is 28.0. The molecule has 0 heterocycles. The van der Waals surface area contributed by atoms with E-state index < -0.39 is 24.3 Å². The summed E-state index contributed by atoms with van der Waals surface area (Å²) in [5, 5.41) is 9.70. The van der Waals surface area contributed by atoms with Gasteiger partial charge in [0, 0.05) is 12.8 Å². The Morgan fingerprint density at radius 2 is 0.740 bits per heavy atom. The Morgan fingerprint density at radius 3 is 1.11 bits per heavy atom. The molecule has 0 aliphatic rings. The van der Waals surface area contributed by atoms with Crippen molar-refractivity contribution in [2.75, 3.05) is 47.5 Å². The Hall–Kier alpha value is -4.83. The molecule has 9 heteroatoms. The van der Waals surface area contributed by atoms with E-state index in [9.17, 15) is 19.5 Å². The zero-order chi connectivity index (χ0) is 53.4. The maximum atomic E-state index is 12.9. The van der Waals surface area contributed by atoms with E-state index in [1.165, 1.54) is 19.3 Å². The number of hydrogen-bond donors (Lipinski definition) is 1. The standard InChI is InChI=1S/C64H101NO8/c1-6-8-10-12-14-16-18-20-22-24-26-28-30-31-33-35-37-39-41-43-45-47-49-51-53-55-62(67)73-60(59-72-64(63(68)69)70-57-56-65(3,4)5)58-71-61(66)54-52-50-48-46-44-42-40-38-36-34-32-29-27-25-23-21-19-17-15-13-11-9-7-2/h8-11,14-17,20-23,26-29,31,33-34,36-37,39,43,45,60,64H,6-7,12-13,18-19,24-25,30,32,35,38,40-42,44,46-59H2,1-5H3/p+1/b10-8-,11-9-,16-14-,17-15-,22-20-,23-21-,28-26-,29-27-,33-31-,36-34-,39-37-,45-43-. The largest absolute Gasteiger partial charge is 0.477 e. The van der Waals surface area contributed by atoms with E-state index in [2.05, 4.69) is 160 Å². The summed E-state index contributed by atoms with van der Waals surface area (Å²) in [5.74, 6) is -2.09. The second kappa shape index (κ2) is 53.5. The minimum Gasteiger partial charge on any atom is -0.477 e. The second-order valence-corrected chi connectivity index (χ2v) is 19.1. The number of carbonyl (C=O) groups is 3. The van der Waals surface area contributed by atoms with E-state index >= 15 is 0 Å². The molecule has 0 saturated heterocycles. The van der Waals surface area contributed by atoms with Gasteiger partial charge >= 0.3 is 17.9 Å². The molecule has 2 atom stereocenters. The first kappa shape index (κ1) is 68.2. The number of carbonyl (C=O) groups excluding carboxylic acids is 2. The molecule has 0 aliphatic heterocycles. The summed E-state index contributed by atoms with van der Waals surface area (Å²) < 4.78 is 22.8. The van der Waals surface area contributed by atoms with Crippen LogP contribution in [0.5, 0.6) is 0 Å². The summed E-state index contributed by atoms with van der Waals surface area (Å²) in [6.45, 7) is 4.56. The van der Waals surface area contributed by atoms with Gasteiger partial charge in [-0.1, -0.05) is 198 Å². The van der Waals surface area contributed by atoms with Crippen LogP contribution in [0.25, 0.3) is 0 Å². The van der Waals surface area contributed by atoms with Crippen LogP contribution in [-0.2, 0) is 33.3 Å². The highest BCUT2D eigenvalue weighted by Gasteiger charge is 2.25. The van der Waals surface area contributed by atoms with Crippen LogP contribution >= 0.6 is 0 Å². The lowest BCUT2D eigenvalue weighted by molar-refractivity contribution is -0.870. The van der Waals surface area contributed by atoms with Crippen molar-refractivity contribution in [3.8, 4) is 0 Å². The van der Waals surface area contributed by atoms with E-state index in [-0.39, 0.29) is 38.6 Å². The zero-order valence-corrected chi connectivity index (χ0v) is 46.5. The molecule has 0 radical (unpaired) electrons. The molecule has 0 aromatic rings. The van der Waals surface area contributed by atoms with Gasteiger partial charge in [0.05, 0.1) is 34.4 Å². The Bertz CT molecular complexity index is 1700. The third kappa shape index (κ3) is 54.8. The van der Waals surface area contributed by atoms with Gasteiger partial charge < -0.3 is 28.5 Å². The van der Waals surface area contributed by atoms with Crippen LogP contribution in [0.2, 0.25) is 0 Å². The topological polar surface area (TPSA) is 108 Å². The van der Waals surface area contributed by atoms with E-state index in [0.717, 1.165) is 128 Å². The predicted octanol–water partition coefficient (Wildman–Crippen LogP) is 16.4. The molecule has 0 aliphatic carbocycles. The van der Waals surface area contributed by atoms with Crippen LogP contribution in [0.3, 0.4) is 0 Å². The van der Waals surface area contributed by atoms with Gasteiger partial charge in [0.1, 0.15) is 13.2 Å². The van der Waals surface area contributed by atoms with Crippen molar-refractivity contribution in [3.63, 3.8) is 0 Å². The van der Waals surface area contributed by atoms with Crippen molar-refractivity contribution in [3.05, 3.63) is 146 Å². The van der Waals surface area contributed by atoms with Crippen molar-refractivity contribution >= 4 is 17.9 Å². The number of aliphatic carboxylic acids is 1. The Kier molecular flexibility index (Phi) is 49.9. The van der Waals surface area contributed by atoms with Crippen molar-refractivity contribution < 1.29 is 42.9 Å². The van der Waals surface area contributed by atoms with Crippen LogP contribution in [0.15, 0.2) is 146 Å². The highest BCUT2D eigenvalue weighted by atomic mass is 16.7. The maximum absolute atomic E-state index is 12.9. The summed E-state index contributed by atoms with van der Waals surface area (Å²) in [5.41, 5.74) is 0. The third-order valence-corrected chi connectivity index (χ3v) is 11.1. The number of quaternary nitrogens is 1. The van der Waals surface area contributed by atoms with Gasteiger partial charge in [0.15, 0.2) is 6.10 Å². The summed E-state index contributed by atoms with van der Waals surface area (Å²) in [7, 11) is 5.93. The first-order valence-corrected chi connectivity index (χ1v) is 28.0. The molecule has 0 aromatic carbocycles. The molecule has 2 unspecified atom stereocenters. The lowest BCUT2D eigenvalue weighted by Crippen LogP contribution is -2.40. The molecule has 0 aromatic heterocycles. The number of carboxylic acid groups (broad SMARTS) is 1. The van der Waals surface area contributed by atoms with Crippen LogP contribution < -0.4 is 0 Å². The molecule has 410 valence electrons. The predicted molar refractivity (Wildman–Crippen MR) is 308 cm³/mol. The fraction of sp³-hybridized carbons (Fsp3) is 0.578. The van der Waals surface area contributed by atoms with Gasteiger partial charge in [0.25, 0.3) is 6.29 Å². The molecular formula is C64H102NO8+. The lowest BCUT2D eigenvalue weighted by atomic mass is 10.1. The monoisotopic (exact) mass is 1010 g/mol. The minimum absolute atomic E-state index is 0.169. The second-order valence-electron chi connectivity index (χ2n) is 19.1. The number of hydrogen-bond acceptors (Lipinski definition) is 7. The number of likely N-dealkylation sites (N-methyl/N-ethyl adjacent to an activating group) is 1. The van der Waals surface area contributed by atoms with Gasteiger partial charge in [-0.15, -0.1) is 0 Å². The molecule has 0 bridgehead atoms. The van der Waals surface area contributed by atoms with Gasteiger partial charge in [-0.05, 0) is 116 Å². The quantitative estimate of drug-likeness (QED) is 0.0211. The highest BCUT2D eigenvalue weighted by molar-refractivity contribution is 5.71. The molecule has 1 N–H and O–H groups in total. The van der Waals surface area contributed by atoms with Crippen LogP contribution in [-0.4, -0.2) is 87.4 Å². The number of esters is 2. The third-order valence-electron chi connectivity index (χ3n) is 11.1. The average molecular weight is 1010 g/mol. The molecule has 0 amide bonds. The summed E-state index contributed by atoms with van der Waals surface area (Å²) in [6, 6.07) is 0. The molecule has 9 nitrogen and oxygen atoms in total. The summed E-state index contributed by atoms with van der Waals surface area (Å²) in [6.07, 6.45) is 74.8. The molecule has 73 heavy (non-hydrogen) atoms. The van der Waals surface area contributed by atoms with Crippen LogP contribution in [0.1, 0.15) is 181 Å². The molecule has 0 saturated carbocycles. The van der Waals surface area contributed by atoms with Crippen molar-refractivity contribution in [2.24, 2.45) is 0 Å². The number of unbranched alkanes of at least 4 members (excludes halogenated alkanes) is 10. The number of ether oxygens (including phenoxy) is 4. The normalized spacial score (nSPS) is 13.9. The Labute approximate surface area is 445 Å². The lowest BCUT2D eigenvalue weighted by Gasteiger charge is -2.25. The summed E-state index contributed by atoms with van der Waals surface area (Å²) >= 11 is 0. The minimum atomic E-state index is -1.53. The van der Waals surface area contributed by atoms with Gasteiger partial charge in [-0.2, -0.15) is 0 Å². The van der Waals surface area contributed by atoms with Crippen molar-refractivity contribution in [2.45, 2.75) is 193 Å². The zero-order valence-electron chi connectivity index (χ0n) is 46.5. The highest BCUT2D eigenvalue weighted by Crippen LogP contribution is 2.13. The molecule has 0 spiro atoms. The van der Waals surface area contributed by atoms with Crippen LogP contribution in [0, 0.1) is 0 Å². The van der Waals surface area contributed by atoms with E-state index in [0.29, 0.717) is 17.4 Å². The summed E-state index contributed by atoms with van der Waals surface area (Å²) in [4.78, 5) is 37.4. The Morgan fingerprint density at radius 1 is 0.411 bits per heavy atom. The number of rotatable bonds is 49. The number of allylic oxidation sites excluding steroid dienone is 24.